The number of nitrogens with zero attached hydrogens (tertiary/aromatic N) is 2. The van der Waals surface area contributed by atoms with E-state index in [0.29, 0.717) is 12.6 Å². The van der Waals surface area contributed by atoms with Gasteiger partial charge in [0.05, 0.1) is 6.54 Å². The number of hydrogen-bond acceptors (Lipinski definition) is 3. The average molecular weight is 364 g/mol. The maximum atomic E-state index is 12.3. The first-order valence-electron chi connectivity index (χ1n) is 9.57. The number of benzene rings is 1. The van der Waals surface area contributed by atoms with Gasteiger partial charge >= 0.3 is 0 Å². The number of piperazine rings is 1. The van der Waals surface area contributed by atoms with Crippen molar-refractivity contribution in [3.63, 3.8) is 0 Å². The lowest BCUT2D eigenvalue weighted by Gasteiger charge is -2.35. The van der Waals surface area contributed by atoms with E-state index in [1.165, 1.54) is 18.4 Å². The highest BCUT2D eigenvalue weighted by molar-refractivity contribution is 6.30. The predicted octanol–water partition coefficient (Wildman–Crippen LogP) is 3.15. The van der Waals surface area contributed by atoms with E-state index in [4.69, 9.17) is 11.6 Å². The summed E-state index contributed by atoms with van der Waals surface area (Å²) in [4.78, 5) is 17.0. The molecule has 5 heteroatoms. The van der Waals surface area contributed by atoms with Gasteiger partial charge in [0.25, 0.3) is 0 Å². The molecule has 3 rings (SSSR count). The molecule has 0 radical (unpaired) electrons. The summed E-state index contributed by atoms with van der Waals surface area (Å²) in [6.07, 6.45) is 4.76. The molecule has 1 aliphatic heterocycles. The van der Waals surface area contributed by atoms with Crippen LogP contribution in [-0.4, -0.2) is 54.5 Å². The minimum Gasteiger partial charge on any atom is -0.352 e. The Balaban J connectivity index is 1.36. The topological polar surface area (TPSA) is 35.6 Å². The van der Waals surface area contributed by atoms with Gasteiger partial charge in [-0.25, -0.2) is 0 Å². The normalized spacial score (nSPS) is 25.7. The molecule has 1 saturated heterocycles. The van der Waals surface area contributed by atoms with Crippen LogP contribution in [0.15, 0.2) is 24.3 Å². The largest absolute Gasteiger partial charge is 0.352 e. The minimum atomic E-state index is 0.197. The Bertz CT molecular complexity index is 564. The fourth-order valence-electron chi connectivity index (χ4n) is 3.88. The third kappa shape index (κ3) is 5.98. The van der Waals surface area contributed by atoms with Crippen LogP contribution in [0, 0.1) is 5.92 Å². The summed E-state index contributed by atoms with van der Waals surface area (Å²) in [6, 6.07) is 8.47. The standard InChI is InChI=1S/C20H30ClN3O/c1-16-5-7-19(8-6-16)22-20(25)15-24-11-9-23(10-12-24)14-17-3-2-4-18(21)13-17/h2-4,13,16,19H,5-12,14-15H2,1H3,(H,22,25). The van der Waals surface area contributed by atoms with Crippen LogP contribution in [0.2, 0.25) is 5.02 Å². The molecule has 138 valence electrons. The van der Waals surface area contributed by atoms with E-state index in [1.54, 1.807) is 0 Å². The van der Waals surface area contributed by atoms with Crippen molar-refractivity contribution < 1.29 is 4.79 Å². The van der Waals surface area contributed by atoms with Crippen molar-refractivity contribution in [2.45, 2.75) is 45.2 Å². The third-order valence-electron chi connectivity index (χ3n) is 5.51. The van der Waals surface area contributed by atoms with Crippen molar-refractivity contribution in [2.75, 3.05) is 32.7 Å². The first kappa shape index (κ1) is 18.7. The summed E-state index contributed by atoms with van der Waals surface area (Å²) in [5, 5.41) is 4.03. The van der Waals surface area contributed by atoms with Gasteiger partial charge in [-0.15, -0.1) is 0 Å². The van der Waals surface area contributed by atoms with Gasteiger partial charge in [0, 0.05) is 43.8 Å². The van der Waals surface area contributed by atoms with Crippen LogP contribution in [0.1, 0.15) is 38.2 Å². The van der Waals surface area contributed by atoms with E-state index < -0.39 is 0 Å². The van der Waals surface area contributed by atoms with E-state index >= 15 is 0 Å². The fourth-order valence-corrected chi connectivity index (χ4v) is 4.09. The summed E-state index contributed by atoms with van der Waals surface area (Å²) in [7, 11) is 0. The Morgan fingerprint density at radius 3 is 2.48 bits per heavy atom. The van der Waals surface area contributed by atoms with Gasteiger partial charge in [-0.1, -0.05) is 30.7 Å². The molecule has 1 aliphatic carbocycles. The highest BCUT2D eigenvalue weighted by Crippen LogP contribution is 2.23. The van der Waals surface area contributed by atoms with Crippen LogP contribution in [0.25, 0.3) is 0 Å². The van der Waals surface area contributed by atoms with Crippen molar-refractivity contribution in [3.05, 3.63) is 34.9 Å². The lowest BCUT2D eigenvalue weighted by molar-refractivity contribution is -0.123. The average Bonchev–Trinajstić information content (AvgIpc) is 2.59. The molecule has 2 fully saturated rings. The molecule has 1 saturated carbocycles. The van der Waals surface area contributed by atoms with E-state index in [1.807, 2.05) is 18.2 Å². The zero-order chi connectivity index (χ0) is 17.6. The van der Waals surface area contributed by atoms with Crippen molar-refractivity contribution in [3.8, 4) is 0 Å². The Hall–Kier alpha value is -1.10. The summed E-state index contributed by atoms with van der Waals surface area (Å²) in [6.45, 7) is 7.69. The lowest BCUT2D eigenvalue weighted by atomic mass is 9.87. The molecule has 2 aliphatic rings. The fraction of sp³-hybridized carbons (Fsp3) is 0.650. The maximum absolute atomic E-state index is 12.3. The molecule has 4 nitrogen and oxygen atoms in total. The summed E-state index contributed by atoms with van der Waals surface area (Å²) >= 11 is 6.06. The van der Waals surface area contributed by atoms with Crippen LogP contribution in [-0.2, 0) is 11.3 Å². The molecular formula is C20H30ClN3O. The summed E-state index contributed by atoms with van der Waals surface area (Å²) in [5.74, 6) is 1.02. The molecule has 0 bridgehead atoms. The SMILES string of the molecule is CC1CCC(NC(=O)CN2CCN(Cc3cccc(Cl)c3)CC2)CC1. The predicted molar refractivity (Wildman–Crippen MR) is 103 cm³/mol. The van der Waals surface area contributed by atoms with Gasteiger partial charge in [-0.3, -0.25) is 14.6 Å². The van der Waals surface area contributed by atoms with E-state index in [0.717, 1.165) is 56.5 Å². The maximum Gasteiger partial charge on any atom is 0.234 e. The molecule has 25 heavy (non-hydrogen) atoms. The van der Waals surface area contributed by atoms with Gasteiger partial charge in [0.2, 0.25) is 5.91 Å². The Labute approximate surface area is 156 Å². The number of nitrogens with one attached hydrogen (secondary N) is 1. The summed E-state index contributed by atoms with van der Waals surface area (Å²) < 4.78 is 0. The van der Waals surface area contributed by atoms with Gasteiger partial charge in [-0.05, 0) is 49.3 Å². The molecule has 1 aromatic rings. The quantitative estimate of drug-likeness (QED) is 0.872. The minimum absolute atomic E-state index is 0.197. The van der Waals surface area contributed by atoms with Crippen LogP contribution in [0.5, 0.6) is 0 Å². The van der Waals surface area contributed by atoms with Gasteiger partial charge in [0.1, 0.15) is 0 Å². The number of amides is 1. The van der Waals surface area contributed by atoms with E-state index in [-0.39, 0.29) is 5.91 Å². The molecule has 0 aromatic heterocycles. The van der Waals surface area contributed by atoms with Crippen LogP contribution in [0.4, 0.5) is 0 Å². The molecule has 0 spiro atoms. The zero-order valence-corrected chi connectivity index (χ0v) is 16.0. The second-order valence-corrected chi connectivity index (χ2v) is 8.14. The van der Waals surface area contributed by atoms with Crippen LogP contribution < -0.4 is 5.32 Å². The van der Waals surface area contributed by atoms with E-state index in [9.17, 15) is 4.79 Å². The first-order valence-corrected chi connectivity index (χ1v) is 9.95. The van der Waals surface area contributed by atoms with Gasteiger partial charge in [-0.2, -0.15) is 0 Å². The second kappa shape index (κ2) is 9.02. The number of hydrogen-bond donors (Lipinski definition) is 1. The highest BCUT2D eigenvalue weighted by atomic mass is 35.5. The lowest BCUT2D eigenvalue weighted by Crippen LogP contribution is -2.50. The molecule has 0 unspecified atom stereocenters. The first-order chi connectivity index (χ1) is 12.1. The molecule has 1 heterocycles. The van der Waals surface area contributed by atoms with Crippen molar-refractivity contribution in [1.29, 1.82) is 0 Å². The zero-order valence-electron chi connectivity index (χ0n) is 15.2. The third-order valence-corrected chi connectivity index (χ3v) is 5.74. The Kier molecular flexibility index (Phi) is 6.74. The second-order valence-electron chi connectivity index (χ2n) is 7.71. The van der Waals surface area contributed by atoms with Crippen molar-refractivity contribution in [2.24, 2.45) is 5.92 Å². The monoisotopic (exact) mass is 363 g/mol. The smallest absolute Gasteiger partial charge is 0.234 e. The van der Waals surface area contributed by atoms with Crippen LogP contribution >= 0.6 is 11.6 Å². The van der Waals surface area contributed by atoms with Crippen molar-refractivity contribution in [1.82, 2.24) is 15.1 Å². The van der Waals surface area contributed by atoms with Gasteiger partial charge < -0.3 is 5.32 Å². The Morgan fingerprint density at radius 2 is 1.80 bits per heavy atom. The highest BCUT2D eigenvalue weighted by Gasteiger charge is 2.22. The number of carbonyl (C=O) groups is 1. The number of carbonyl (C=O) groups excluding carboxylic acids is 1. The van der Waals surface area contributed by atoms with Gasteiger partial charge in [0.15, 0.2) is 0 Å². The molecule has 1 amide bonds. The van der Waals surface area contributed by atoms with Crippen LogP contribution in [0.3, 0.4) is 0 Å². The molecule has 1 aromatic carbocycles. The Morgan fingerprint density at radius 1 is 1.12 bits per heavy atom. The van der Waals surface area contributed by atoms with E-state index in [2.05, 4.69) is 28.1 Å². The summed E-state index contributed by atoms with van der Waals surface area (Å²) in [5.41, 5.74) is 1.25. The number of rotatable bonds is 5. The molecular weight excluding hydrogens is 334 g/mol. The van der Waals surface area contributed by atoms with Crippen molar-refractivity contribution >= 4 is 17.5 Å². The molecule has 0 atom stereocenters. The molecule has 1 N–H and O–H groups in total. The number of halogens is 1.